The molecule has 0 unspecified atom stereocenters. The zero-order valence-electron chi connectivity index (χ0n) is 18.5. The molecule has 1 aliphatic rings. The lowest BCUT2D eigenvalue weighted by molar-refractivity contribution is -0.139. The molecule has 9 nitrogen and oxygen atoms in total. The van der Waals surface area contributed by atoms with Crippen molar-refractivity contribution in [3.63, 3.8) is 0 Å². The third-order valence-corrected chi connectivity index (χ3v) is 5.49. The van der Waals surface area contributed by atoms with E-state index in [2.05, 4.69) is 25.1 Å². The number of nitrogen functional groups attached to an aromatic ring is 1. The summed E-state index contributed by atoms with van der Waals surface area (Å²) in [5.41, 5.74) is 7.09. The third-order valence-electron chi connectivity index (χ3n) is 5.49. The summed E-state index contributed by atoms with van der Waals surface area (Å²) >= 11 is 0. The highest BCUT2D eigenvalue weighted by atomic mass is 16.2. The number of nitrogens with one attached hydrogen (secondary N) is 1. The van der Waals surface area contributed by atoms with Gasteiger partial charge in [0.25, 0.3) is 0 Å². The molecule has 2 aromatic heterocycles. The summed E-state index contributed by atoms with van der Waals surface area (Å²) in [5.74, 6) is 0.521. The second-order valence-electron chi connectivity index (χ2n) is 8.84. The van der Waals surface area contributed by atoms with Crippen molar-refractivity contribution < 1.29 is 9.59 Å². The standard InChI is InChI=1S/C23H27N7O2/c1-23(2,3)22(32)30-13-11-29(12-14-30)17-9-6-7-15-18(17)19(24)26-20(15)27-28-21(31)16-8-4-5-10-25-16/h4-10,26H,11-14,24H2,1-3H3. The van der Waals surface area contributed by atoms with Crippen LogP contribution in [0.1, 0.15) is 31.3 Å². The molecule has 0 radical (unpaired) electrons. The van der Waals surface area contributed by atoms with Crippen LogP contribution in [0.5, 0.6) is 0 Å². The lowest BCUT2D eigenvalue weighted by Gasteiger charge is -2.39. The largest absolute Gasteiger partial charge is 0.385 e. The number of pyridine rings is 1. The minimum Gasteiger partial charge on any atom is -0.385 e. The molecule has 166 valence electrons. The Balaban J connectivity index is 1.57. The van der Waals surface area contributed by atoms with E-state index in [1.165, 1.54) is 6.20 Å². The Hall–Kier alpha value is -3.75. The first kappa shape index (κ1) is 21.5. The number of rotatable bonds is 3. The van der Waals surface area contributed by atoms with E-state index in [0.29, 0.717) is 37.8 Å². The summed E-state index contributed by atoms with van der Waals surface area (Å²) in [7, 11) is 0. The van der Waals surface area contributed by atoms with Crippen LogP contribution >= 0.6 is 0 Å². The first-order valence-electron chi connectivity index (χ1n) is 10.6. The van der Waals surface area contributed by atoms with Gasteiger partial charge in [0.2, 0.25) is 5.91 Å². The van der Waals surface area contributed by atoms with Crippen LogP contribution in [0.15, 0.2) is 52.8 Å². The number of aromatic nitrogens is 2. The van der Waals surface area contributed by atoms with Gasteiger partial charge in [0, 0.05) is 54.3 Å². The van der Waals surface area contributed by atoms with Crippen LogP contribution in [0.4, 0.5) is 17.3 Å². The second kappa shape index (κ2) is 8.41. The number of nitrogens with two attached hydrogens (primary N) is 1. The summed E-state index contributed by atoms with van der Waals surface area (Å²) < 4.78 is 0. The predicted molar refractivity (Wildman–Crippen MR) is 124 cm³/mol. The molecule has 0 saturated carbocycles. The van der Waals surface area contributed by atoms with Crippen LogP contribution in [0.3, 0.4) is 0 Å². The molecule has 1 aromatic carbocycles. The van der Waals surface area contributed by atoms with E-state index in [1.807, 2.05) is 43.9 Å². The Labute approximate surface area is 186 Å². The van der Waals surface area contributed by atoms with Crippen molar-refractivity contribution in [3.8, 4) is 0 Å². The van der Waals surface area contributed by atoms with Crippen LogP contribution in [0.2, 0.25) is 0 Å². The van der Waals surface area contributed by atoms with E-state index in [1.54, 1.807) is 18.2 Å². The van der Waals surface area contributed by atoms with E-state index in [9.17, 15) is 9.59 Å². The number of nitrogens with zero attached hydrogens (tertiary/aromatic N) is 5. The van der Waals surface area contributed by atoms with Gasteiger partial charge in [-0.1, -0.05) is 39.0 Å². The molecule has 0 atom stereocenters. The Morgan fingerprint density at radius 2 is 1.81 bits per heavy atom. The topological polar surface area (TPSA) is 120 Å². The van der Waals surface area contributed by atoms with Gasteiger partial charge in [-0.2, -0.15) is 0 Å². The average molecular weight is 434 g/mol. The first-order chi connectivity index (χ1) is 15.3. The number of carbonyl (C=O) groups excluding carboxylic acids is 2. The number of carbonyl (C=O) groups is 2. The number of hydrogen-bond acceptors (Lipinski definition) is 6. The second-order valence-corrected chi connectivity index (χ2v) is 8.84. The summed E-state index contributed by atoms with van der Waals surface area (Å²) in [6, 6.07) is 10.9. The molecule has 3 aromatic rings. The Morgan fingerprint density at radius 1 is 1.06 bits per heavy atom. The van der Waals surface area contributed by atoms with Crippen molar-refractivity contribution in [2.45, 2.75) is 20.8 Å². The van der Waals surface area contributed by atoms with Crippen molar-refractivity contribution in [2.75, 3.05) is 36.8 Å². The zero-order valence-corrected chi connectivity index (χ0v) is 18.5. The normalized spacial score (nSPS) is 15.0. The highest BCUT2D eigenvalue weighted by molar-refractivity contribution is 6.07. The average Bonchev–Trinajstić information content (AvgIpc) is 3.13. The van der Waals surface area contributed by atoms with Crippen molar-refractivity contribution >= 4 is 39.9 Å². The van der Waals surface area contributed by atoms with Gasteiger partial charge in [0.05, 0.1) is 0 Å². The quantitative estimate of drug-likeness (QED) is 0.609. The fourth-order valence-corrected chi connectivity index (χ4v) is 3.88. The number of benzene rings is 1. The highest BCUT2D eigenvalue weighted by Gasteiger charge is 2.30. The molecule has 32 heavy (non-hydrogen) atoms. The molecule has 0 spiro atoms. The number of fused-ring (bicyclic) bond motifs is 1. The van der Waals surface area contributed by atoms with Gasteiger partial charge >= 0.3 is 5.91 Å². The lowest BCUT2D eigenvalue weighted by Crippen LogP contribution is -2.51. The maximum Gasteiger partial charge on any atom is 0.313 e. The van der Waals surface area contributed by atoms with E-state index in [0.717, 1.165) is 16.5 Å². The van der Waals surface area contributed by atoms with Crippen molar-refractivity contribution in [3.05, 3.63) is 48.3 Å². The number of piperazine rings is 1. The molecule has 0 aliphatic carbocycles. The summed E-state index contributed by atoms with van der Waals surface area (Å²) in [4.78, 5) is 36.0. The first-order valence-corrected chi connectivity index (χ1v) is 10.6. The molecular weight excluding hydrogens is 406 g/mol. The lowest BCUT2D eigenvalue weighted by atomic mass is 9.94. The fraction of sp³-hybridized carbons (Fsp3) is 0.348. The maximum absolute atomic E-state index is 12.6. The highest BCUT2D eigenvalue weighted by Crippen LogP contribution is 2.38. The summed E-state index contributed by atoms with van der Waals surface area (Å²) in [5, 5.41) is 9.53. The van der Waals surface area contributed by atoms with E-state index < -0.39 is 5.91 Å². The van der Waals surface area contributed by atoms with Gasteiger partial charge < -0.3 is 20.5 Å². The Kier molecular flexibility index (Phi) is 5.65. The summed E-state index contributed by atoms with van der Waals surface area (Å²) in [6.45, 7) is 8.55. The van der Waals surface area contributed by atoms with Gasteiger partial charge in [-0.15, -0.1) is 10.2 Å². The molecular formula is C23H27N7O2. The van der Waals surface area contributed by atoms with Gasteiger partial charge in [-0.05, 0) is 18.2 Å². The Morgan fingerprint density at radius 3 is 2.47 bits per heavy atom. The third kappa shape index (κ3) is 4.18. The van der Waals surface area contributed by atoms with Crippen LogP contribution < -0.4 is 10.6 Å². The predicted octanol–water partition coefficient (Wildman–Crippen LogP) is 3.76. The molecule has 1 aliphatic heterocycles. The molecule has 4 rings (SSSR count). The molecule has 1 fully saturated rings. The number of amides is 2. The van der Waals surface area contributed by atoms with E-state index >= 15 is 0 Å². The number of azo groups is 1. The van der Waals surface area contributed by atoms with Crippen molar-refractivity contribution in [1.82, 2.24) is 14.9 Å². The van der Waals surface area contributed by atoms with Crippen LogP contribution in [0.25, 0.3) is 10.8 Å². The number of hydrogen-bond donors (Lipinski definition) is 2. The SMILES string of the molecule is CC(C)(C)C(=O)N1CCN(c2cccc3c(N=NC(=O)c4ccccn4)[nH]c(N)c23)CC1. The number of H-pyrrole nitrogens is 1. The van der Waals surface area contributed by atoms with Gasteiger partial charge in [0.15, 0.2) is 5.82 Å². The number of anilines is 2. The van der Waals surface area contributed by atoms with Gasteiger partial charge in [-0.25, -0.2) is 0 Å². The molecule has 0 bridgehead atoms. The van der Waals surface area contributed by atoms with Crippen LogP contribution in [-0.4, -0.2) is 52.9 Å². The molecule has 3 heterocycles. The van der Waals surface area contributed by atoms with Crippen molar-refractivity contribution in [1.29, 1.82) is 0 Å². The minimum absolute atomic E-state index is 0.164. The number of aromatic amines is 1. The van der Waals surface area contributed by atoms with E-state index in [4.69, 9.17) is 5.73 Å². The Bertz CT molecular complexity index is 1170. The van der Waals surface area contributed by atoms with Gasteiger partial charge in [-0.3, -0.25) is 14.6 Å². The summed E-state index contributed by atoms with van der Waals surface area (Å²) in [6.07, 6.45) is 1.53. The molecule has 1 saturated heterocycles. The minimum atomic E-state index is -0.525. The molecule has 9 heteroatoms. The molecule has 2 amide bonds. The molecule has 3 N–H and O–H groups in total. The van der Waals surface area contributed by atoms with Crippen molar-refractivity contribution in [2.24, 2.45) is 15.6 Å². The monoisotopic (exact) mass is 433 g/mol. The zero-order chi connectivity index (χ0) is 22.9. The maximum atomic E-state index is 12.6. The van der Waals surface area contributed by atoms with E-state index in [-0.39, 0.29) is 17.0 Å². The smallest absolute Gasteiger partial charge is 0.313 e. The fourth-order valence-electron chi connectivity index (χ4n) is 3.88. The van der Waals surface area contributed by atoms with Gasteiger partial charge in [0.1, 0.15) is 11.5 Å². The van der Waals surface area contributed by atoms with Crippen LogP contribution in [-0.2, 0) is 4.79 Å². The van der Waals surface area contributed by atoms with Crippen LogP contribution in [0, 0.1) is 5.41 Å².